The van der Waals surface area contributed by atoms with Gasteiger partial charge in [-0.05, 0) is 38.5 Å². The van der Waals surface area contributed by atoms with E-state index in [9.17, 15) is 14.0 Å². The van der Waals surface area contributed by atoms with E-state index in [1.165, 1.54) is 17.0 Å². The molecular formula is C14H19FN2O2. The average Bonchev–Trinajstić information content (AvgIpc) is 2.38. The molecule has 5 heteroatoms. The van der Waals surface area contributed by atoms with Crippen LogP contribution >= 0.6 is 0 Å². The Morgan fingerprint density at radius 1 is 1.32 bits per heavy atom. The smallest absolute Gasteiger partial charge is 0.254 e. The largest absolute Gasteiger partial charge is 0.355 e. The van der Waals surface area contributed by atoms with E-state index in [0.29, 0.717) is 24.2 Å². The number of halogens is 1. The number of carbonyl (C=O) groups is 2. The molecule has 0 aliphatic rings. The van der Waals surface area contributed by atoms with Gasteiger partial charge in [-0.2, -0.15) is 0 Å². The molecule has 0 bridgehead atoms. The quantitative estimate of drug-likeness (QED) is 0.882. The zero-order valence-electron chi connectivity index (χ0n) is 11.5. The van der Waals surface area contributed by atoms with Crippen LogP contribution in [0.4, 0.5) is 4.39 Å². The van der Waals surface area contributed by atoms with Crippen LogP contribution in [0.2, 0.25) is 0 Å². The number of nitrogens with one attached hydrogen (secondary N) is 1. The zero-order valence-corrected chi connectivity index (χ0v) is 11.5. The Morgan fingerprint density at radius 3 is 2.58 bits per heavy atom. The van der Waals surface area contributed by atoms with Gasteiger partial charge in [-0.15, -0.1) is 0 Å². The van der Waals surface area contributed by atoms with E-state index in [1.807, 2.05) is 6.92 Å². The van der Waals surface area contributed by atoms with Crippen molar-refractivity contribution in [3.63, 3.8) is 0 Å². The molecule has 0 radical (unpaired) electrons. The van der Waals surface area contributed by atoms with E-state index in [0.717, 1.165) is 0 Å². The van der Waals surface area contributed by atoms with E-state index in [2.05, 4.69) is 5.32 Å². The van der Waals surface area contributed by atoms with Gasteiger partial charge in [-0.3, -0.25) is 9.59 Å². The lowest BCUT2D eigenvalue weighted by Gasteiger charge is -2.21. The highest BCUT2D eigenvalue weighted by atomic mass is 19.1. The minimum Gasteiger partial charge on any atom is -0.355 e. The molecule has 2 amide bonds. The Balaban J connectivity index is 2.89. The first kappa shape index (κ1) is 15.1. The van der Waals surface area contributed by atoms with Crippen LogP contribution in [0, 0.1) is 12.7 Å². The average molecular weight is 266 g/mol. The summed E-state index contributed by atoms with van der Waals surface area (Å²) in [6.07, 6.45) is 0. The van der Waals surface area contributed by atoms with Crippen LogP contribution in [0.3, 0.4) is 0 Å². The molecule has 1 aromatic carbocycles. The highest BCUT2D eigenvalue weighted by Crippen LogP contribution is 2.13. The van der Waals surface area contributed by atoms with Gasteiger partial charge in [0.15, 0.2) is 0 Å². The van der Waals surface area contributed by atoms with E-state index < -0.39 is 5.82 Å². The molecule has 4 nitrogen and oxygen atoms in total. The molecule has 0 atom stereocenters. The van der Waals surface area contributed by atoms with Gasteiger partial charge in [0, 0.05) is 18.7 Å². The number of aryl methyl sites for hydroxylation is 1. The summed E-state index contributed by atoms with van der Waals surface area (Å²) >= 11 is 0. The number of hydrogen-bond acceptors (Lipinski definition) is 2. The Kier molecular flexibility index (Phi) is 5.48. The van der Waals surface area contributed by atoms with Crippen LogP contribution < -0.4 is 5.32 Å². The highest BCUT2D eigenvalue weighted by Gasteiger charge is 2.19. The molecule has 0 aliphatic heterocycles. The van der Waals surface area contributed by atoms with E-state index in [1.54, 1.807) is 19.9 Å². The predicted octanol–water partition coefficient (Wildman–Crippen LogP) is 1.73. The fourth-order valence-corrected chi connectivity index (χ4v) is 1.75. The number of hydrogen-bond donors (Lipinski definition) is 1. The third-order valence-corrected chi connectivity index (χ3v) is 2.81. The van der Waals surface area contributed by atoms with Gasteiger partial charge in [0.2, 0.25) is 5.91 Å². The Hall–Kier alpha value is -1.91. The van der Waals surface area contributed by atoms with E-state index >= 15 is 0 Å². The number of benzene rings is 1. The van der Waals surface area contributed by atoms with Gasteiger partial charge in [0.1, 0.15) is 5.82 Å². The van der Waals surface area contributed by atoms with Gasteiger partial charge >= 0.3 is 0 Å². The monoisotopic (exact) mass is 266 g/mol. The maximum Gasteiger partial charge on any atom is 0.254 e. The van der Waals surface area contributed by atoms with Crippen molar-refractivity contribution in [1.82, 2.24) is 10.2 Å². The number of rotatable bonds is 5. The van der Waals surface area contributed by atoms with Gasteiger partial charge < -0.3 is 10.2 Å². The van der Waals surface area contributed by atoms with Crippen LogP contribution in [0.25, 0.3) is 0 Å². The van der Waals surface area contributed by atoms with Crippen LogP contribution in [-0.2, 0) is 4.79 Å². The Labute approximate surface area is 112 Å². The van der Waals surface area contributed by atoms with Crippen molar-refractivity contribution in [3.05, 3.63) is 35.1 Å². The second-order valence-corrected chi connectivity index (χ2v) is 4.23. The van der Waals surface area contributed by atoms with Crippen molar-refractivity contribution in [3.8, 4) is 0 Å². The van der Waals surface area contributed by atoms with Crippen molar-refractivity contribution >= 4 is 11.8 Å². The Morgan fingerprint density at radius 2 is 2.00 bits per heavy atom. The van der Waals surface area contributed by atoms with Gasteiger partial charge in [-0.25, -0.2) is 4.39 Å². The van der Waals surface area contributed by atoms with Gasteiger partial charge in [0.05, 0.1) is 6.54 Å². The molecule has 104 valence electrons. The molecule has 1 rings (SSSR count). The molecule has 0 saturated carbocycles. The van der Waals surface area contributed by atoms with Crippen LogP contribution in [0.15, 0.2) is 18.2 Å². The first-order valence-electron chi connectivity index (χ1n) is 6.31. The predicted molar refractivity (Wildman–Crippen MR) is 71.4 cm³/mol. The lowest BCUT2D eigenvalue weighted by molar-refractivity contribution is -0.121. The van der Waals surface area contributed by atoms with E-state index in [-0.39, 0.29) is 18.4 Å². The molecule has 0 unspecified atom stereocenters. The second kappa shape index (κ2) is 6.87. The number of nitrogens with zero attached hydrogens (tertiary/aromatic N) is 1. The molecule has 0 aliphatic carbocycles. The van der Waals surface area contributed by atoms with Crippen molar-refractivity contribution in [2.45, 2.75) is 20.8 Å². The topological polar surface area (TPSA) is 49.4 Å². The summed E-state index contributed by atoms with van der Waals surface area (Å²) in [5, 5.41) is 2.64. The number of amides is 2. The summed E-state index contributed by atoms with van der Waals surface area (Å²) in [4.78, 5) is 25.2. The first-order chi connectivity index (χ1) is 8.99. The molecule has 0 spiro atoms. The lowest BCUT2D eigenvalue weighted by Crippen LogP contribution is -2.40. The molecule has 19 heavy (non-hydrogen) atoms. The summed E-state index contributed by atoms with van der Waals surface area (Å²) in [5.74, 6) is -1.000. The molecule has 0 fully saturated rings. The summed E-state index contributed by atoms with van der Waals surface area (Å²) in [6.45, 7) is 6.24. The zero-order chi connectivity index (χ0) is 14.4. The third kappa shape index (κ3) is 4.05. The van der Waals surface area contributed by atoms with Crippen molar-refractivity contribution in [2.24, 2.45) is 0 Å². The van der Waals surface area contributed by atoms with Crippen LogP contribution in [0.1, 0.15) is 29.8 Å². The minimum atomic E-state index is -0.456. The van der Waals surface area contributed by atoms with Crippen molar-refractivity contribution < 1.29 is 14.0 Å². The van der Waals surface area contributed by atoms with E-state index in [4.69, 9.17) is 0 Å². The number of likely N-dealkylation sites (N-methyl/N-ethyl adjacent to an activating group) is 2. The fourth-order valence-electron chi connectivity index (χ4n) is 1.75. The molecule has 0 aromatic heterocycles. The van der Waals surface area contributed by atoms with Crippen LogP contribution in [-0.4, -0.2) is 36.3 Å². The number of carbonyl (C=O) groups excluding carboxylic acids is 2. The van der Waals surface area contributed by atoms with Crippen LogP contribution in [0.5, 0.6) is 0 Å². The van der Waals surface area contributed by atoms with Gasteiger partial charge in [0.25, 0.3) is 5.91 Å². The fraction of sp³-hybridized carbons (Fsp3) is 0.429. The molecule has 0 heterocycles. The lowest BCUT2D eigenvalue weighted by atomic mass is 10.1. The molecular weight excluding hydrogens is 247 g/mol. The SMILES string of the molecule is CCNC(=O)CN(CC)C(=O)c1cc(F)ccc1C. The second-order valence-electron chi connectivity index (χ2n) is 4.23. The summed E-state index contributed by atoms with van der Waals surface area (Å²) in [7, 11) is 0. The summed E-state index contributed by atoms with van der Waals surface area (Å²) < 4.78 is 13.2. The molecule has 1 aromatic rings. The van der Waals surface area contributed by atoms with Crippen molar-refractivity contribution in [1.29, 1.82) is 0 Å². The molecule has 0 saturated heterocycles. The summed E-state index contributed by atoms with van der Waals surface area (Å²) in [5.41, 5.74) is 0.992. The highest BCUT2D eigenvalue weighted by molar-refractivity contribution is 5.97. The molecule has 1 N–H and O–H groups in total. The standard InChI is InChI=1S/C14H19FN2O2/c1-4-16-13(18)9-17(5-2)14(19)12-8-11(15)7-6-10(12)3/h6-8H,4-5,9H2,1-3H3,(H,16,18). The van der Waals surface area contributed by atoms with Gasteiger partial charge in [-0.1, -0.05) is 6.07 Å². The maximum atomic E-state index is 13.2. The Bertz CT molecular complexity index is 475. The first-order valence-corrected chi connectivity index (χ1v) is 6.31. The summed E-state index contributed by atoms with van der Waals surface area (Å²) in [6, 6.07) is 4.08. The third-order valence-electron chi connectivity index (χ3n) is 2.81. The normalized spacial score (nSPS) is 10.1. The minimum absolute atomic E-state index is 0.0148. The van der Waals surface area contributed by atoms with Crippen molar-refractivity contribution in [2.75, 3.05) is 19.6 Å². The maximum absolute atomic E-state index is 13.2.